The highest BCUT2D eigenvalue weighted by atomic mass is 127. The molecule has 1 aromatic rings. The Labute approximate surface area is 167 Å². The van der Waals surface area contributed by atoms with E-state index in [1.165, 1.54) is 19.2 Å². The summed E-state index contributed by atoms with van der Waals surface area (Å²) in [5.41, 5.74) is 0.829. The number of carbonyl (C=O) groups excluding carboxylic acids is 1. The van der Waals surface area contributed by atoms with Crippen LogP contribution >= 0.6 is 39.9 Å². The van der Waals surface area contributed by atoms with Gasteiger partial charge in [-0.3, -0.25) is 9.79 Å². The number of hydrogen-bond donors (Lipinski definition) is 1. The van der Waals surface area contributed by atoms with Crippen LogP contribution in [-0.2, 0) is 16.1 Å². The maximum Gasteiger partial charge on any atom is 0.308 e. The van der Waals surface area contributed by atoms with E-state index < -0.39 is 0 Å². The number of carbonyl (C=O) groups is 1. The summed E-state index contributed by atoms with van der Waals surface area (Å²) < 4.78 is 19.0. The summed E-state index contributed by atoms with van der Waals surface area (Å²) in [7, 11) is 3.14. The number of nitrogens with zero attached hydrogens (tertiary/aromatic N) is 2. The monoisotopic (exact) mass is 513 g/mol. The number of guanidine groups is 1. The molecule has 0 aliphatic carbocycles. The van der Waals surface area contributed by atoms with E-state index >= 15 is 0 Å². The molecule has 0 bridgehead atoms. The predicted molar refractivity (Wildman–Crippen MR) is 106 cm³/mol. The van der Waals surface area contributed by atoms with Crippen molar-refractivity contribution in [3.63, 3.8) is 0 Å². The lowest BCUT2D eigenvalue weighted by Gasteiger charge is -2.33. The average Bonchev–Trinajstić information content (AvgIpc) is 2.58. The third-order valence-corrected chi connectivity index (χ3v) is 4.76. The smallest absolute Gasteiger partial charge is 0.308 e. The number of aliphatic imine (C=N–C) groups is 1. The molecule has 0 unspecified atom stereocenters. The number of esters is 1. The van der Waals surface area contributed by atoms with Crippen molar-refractivity contribution >= 4 is 51.8 Å². The fourth-order valence-corrected chi connectivity index (χ4v) is 3.07. The predicted octanol–water partition coefficient (Wildman–Crippen LogP) is 3.17. The molecule has 0 spiro atoms. The number of hydrogen-bond acceptors (Lipinski definition) is 3. The van der Waals surface area contributed by atoms with Gasteiger partial charge in [-0.05, 0) is 36.6 Å². The van der Waals surface area contributed by atoms with Gasteiger partial charge in [-0.2, -0.15) is 0 Å². The van der Waals surface area contributed by atoms with E-state index in [-0.39, 0.29) is 41.7 Å². The van der Waals surface area contributed by atoms with E-state index in [0.29, 0.717) is 6.54 Å². The van der Waals surface area contributed by atoms with Crippen LogP contribution in [0.2, 0.25) is 0 Å². The lowest BCUT2D eigenvalue weighted by Crippen LogP contribution is -2.46. The van der Waals surface area contributed by atoms with E-state index in [4.69, 9.17) is 4.74 Å². The summed E-state index contributed by atoms with van der Waals surface area (Å²) in [5, 5.41) is 3.24. The molecule has 0 atom stereocenters. The maximum atomic E-state index is 13.3. The molecule has 5 nitrogen and oxygen atoms in total. The van der Waals surface area contributed by atoms with Crippen LogP contribution in [0.3, 0.4) is 0 Å². The Hall–Kier alpha value is -0.900. The van der Waals surface area contributed by atoms with E-state index in [0.717, 1.165) is 41.9 Å². The quantitative estimate of drug-likeness (QED) is 0.292. The molecule has 2 rings (SSSR count). The Morgan fingerprint density at radius 2 is 2.12 bits per heavy atom. The van der Waals surface area contributed by atoms with E-state index in [9.17, 15) is 9.18 Å². The van der Waals surface area contributed by atoms with Crippen molar-refractivity contribution in [2.24, 2.45) is 10.9 Å². The highest BCUT2D eigenvalue weighted by molar-refractivity contribution is 14.0. The van der Waals surface area contributed by atoms with Gasteiger partial charge in [0.25, 0.3) is 0 Å². The summed E-state index contributed by atoms with van der Waals surface area (Å²) in [4.78, 5) is 17.9. The average molecular weight is 514 g/mol. The van der Waals surface area contributed by atoms with Gasteiger partial charge in [-0.1, -0.05) is 15.9 Å². The minimum absolute atomic E-state index is 0. The van der Waals surface area contributed by atoms with Gasteiger partial charge >= 0.3 is 5.97 Å². The Morgan fingerprint density at radius 1 is 1.46 bits per heavy atom. The van der Waals surface area contributed by atoms with Gasteiger partial charge in [-0.15, -0.1) is 24.0 Å². The number of methoxy groups -OCH3 is 1. The van der Waals surface area contributed by atoms with Crippen molar-refractivity contribution in [1.82, 2.24) is 10.2 Å². The molecule has 134 valence electrons. The summed E-state index contributed by atoms with van der Waals surface area (Å²) >= 11 is 3.42. The fourth-order valence-electron chi connectivity index (χ4n) is 2.68. The minimum Gasteiger partial charge on any atom is -0.469 e. The van der Waals surface area contributed by atoms with E-state index in [1.54, 1.807) is 13.1 Å². The first-order valence-corrected chi connectivity index (χ1v) is 8.31. The summed E-state index contributed by atoms with van der Waals surface area (Å²) in [5.74, 6) is 0.311. The number of ether oxygens (including phenoxy) is 1. The first-order valence-electron chi connectivity index (χ1n) is 7.52. The molecular weight excluding hydrogens is 492 g/mol. The van der Waals surface area contributed by atoms with Crippen molar-refractivity contribution in [2.45, 2.75) is 19.4 Å². The Balaban J connectivity index is 0.00000288. The van der Waals surface area contributed by atoms with Crippen molar-refractivity contribution in [3.8, 4) is 0 Å². The molecule has 0 amide bonds. The summed E-state index contributed by atoms with van der Waals surface area (Å²) in [6.45, 7) is 1.95. The van der Waals surface area contributed by atoms with Crippen LogP contribution in [0.1, 0.15) is 18.4 Å². The number of benzene rings is 1. The lowest BCUT2D eigenvalue weighted by molar-refractivity contribution is -0.146. The Kier molecular flexibility index (Phi) is 8.96. The molecule has 0 radical (unpaired) electrons. The molecule has 0 saturated carbocycles. The molecule has 1 aliphatic rings. The molecule has 1 aromatic carbocycles. The molecule has 8 heteroatoms. The number of halogens is 3. The lowest BCUT2D eigenvalue weighted by atomic mass is 9.97. The van der Waals surface area contributed by atoms with Crippen molar-refractivity contribution in [1.29, 1.82) is 0 Å². The second kappa shape index (κ2) is 10.2. The topological polar surface area (TPSA) is 53.9 Å². The minimum atomic E-state index is -0.265. The van der Waals surface area contributed by atoms with Crippen LogP contribution in [0.25, 0.3) is 0 Å². The molecule has 1 N–H and O–H groups in total. The Bertz CT molecular complexity index is 593. The van der Waals surface area contributed by atoms with Gasteiger partial charge in [-0.25, -0.2) is 4.39 Å². The number of nitrogens with one attached hydrogen (secondary N) is 1. The van der Waals surface area contributed by atoms with Crippen LogP contribution in [-0.4, -0.2) is 44.1 Å². The van der Waals surface area contributed by atoms with Crippen molar-refractivity contribution < 1.29 is 13.9 Å². The number of likely N-dealkylation sites (tertiary alicyclic amines) is 1. The highest BCUT2D eigenvalue weighted by Gasteiger charge is 2.26. The van der Waals surface area contributed by atoms with Crippen LogP contribution in [0.5, 0.6) is 0 Å². The van der Waals surface area contributed by atoms with Crippen molar-refractivity contribution in [3.05, 3.63) is 34.1 Å². The first-order chi connectivity index (χ1) is 11.0. The largest absolute Gasteiger partial charge is 0.469 e. The summed E-state index contributed by atoms with van der Waals surface area (Å²) in [6, 6.07) is 4.60. The van der Waals surface area contributed by atoms with Gasteiger partial charge < -0.3 is 15.0 Å². The SMILES string of the molecule is CN=C(NCc1cc(F)ccc1Br)N1CCC(C(=O)OC)CC1.I. The van der Waals surface area contributed by atoms with Crippen LogP contribution < -0.4 is 5.32 Å². The van der Waals surface area contributed by atoms with Crippen LogP contribution in [0.4, 0.5) is 4.39 Å². The van der Waals surface area contributed by atoms with Gasteiger partial charge in [0.2, 0.25) is 0 Å². The molecule has 24 heavy (non-hydrogen) atoms. The number of piperidine rings is 1. The van der Waals surface area contributed by atoms with Gasteiger partial charge in [0.05, 0.1) is 13.0 Å². The van der Waals surface area contributed by atoms with Crippen LogP contribution in [0.15, 0.2) is 27.7 Å². The van der Waals surface area contributed by atoms with Gasteiger partial charge in [0.15, 0.2) is 5.96 Å². The maximum absolute atomic E-state index is 13.3. The zero-order valence-corrected chi connectivity index (χ0v) is 17.6. The Morgan fingerprint density at radius 3 is 2.71 bits per heavy atom. The first kappa shape index (κ1) is 21.1. The highest BCUT2D eigenvalue weighted by Crippen LogP contribution is 2.20. The van der Waals surface area contributed by atoms with E-state index in [1.807, 2.05) is 0 Å². The zero-order valence-electron chi connectivity index (χ0n) is 13.7. The second-order valence-electron chi connectivity index (χ2n) is 5.42. The third kappa shape index (κ3) is 5.58. The van der Waals surface area contributed by atoms with Gasteiger partial charge in [0.1, 0.15) is 5.82 Å². The molecule has 1 aliphatic heterocycles. The normalized spacial score (nSPS) is 15.7. The second-order valence-corrected chi connectivity index (χ2v) is 6.28. The van der Waals surface area contributed by atoms with Gasteiger partial charge in [0, 0.05) is 31.2 Å². The molecule has 1 fully saturated rings. The van der Waals surface area contributed by atoms with Crippen molar-refractivity contribution in [2.75, 3.05) is 27.2 Å². The zero-order chi connectivity index (χ0) is 16.8. The number of rotatable bonds is 3. The standard InChI is InChI=1S/C16H21BrFN3O2.HI/c1-19-16(20-10-12-9-13(18)3-4-14(12)17)21-7-5-11(6-8-21)15(22)23-2;/h3-4,9,11H,5-8,10H2,1-2H3,(H,19,20);1H. The third-order valence-electron chi connectivity index (χ3n) is 3.99. The summed E-state index contributed by atoms with van der Waals surface area (Å²) in [6.07, 6.45) is 1.49. The molecule has 0 aromatic heterocycles. The fraction of sp³-hybridized carbons (Fsp3) is 0.500. The molecule has 1 heterocycles. The molecule has 1 saturated heterocycles. The molecular formula is C16H22BrFIN3O2. The van der Waals surface area contributed by atoms with Crippen LogP contribution in [0, 0.1) is 11.7 Å². The van der Waals surface area contributed by atoms with E-state index in [2.05, 4.69) is 31.1 Å².